The van der Waals surface area contributed by atoms with Crippen LogP contribution in [0.15, 0.2) is 60.0 Å². The van der Waals surface area contributed by atoms with Gasteiger partial charge in [-0.15, -0.1) is 11.3 Å². The first-order chi connectivity index (χ1) is 14.5. The summed E-state index contributed by atoms with van der Waals surface area (Å²) in [6, 6.07) is 13.7. The van der Waals surface area contributed by atoms with Crippen molar-refractivity contribution >= 4 is 34.1 Å². The predicted molar refractivity (Wildman–Crippen MR) is 119 cm³/mol. The number of thiazole rings is 1. The number of aromatic nitrogens is 1. The molecule has 0 aliphatic heterocycles. The third-order valence-corrected chi connectivity index (χ3v) is 4.92. The van der Waals surface area contributed by atoms with E-state index >= 15 is 0 Å². The van der Waals surface area contributed by atoms with Gasteiger partial charge < -0.3 is 4.74 Å². The number of unbranched alkanes of at least 4 members (excludes halogenated alkanes) is 1. The van der Waals surface area contributed by atoms with Gasteiger partial charge in [0.2, 0.25) is 5.91 Å². The summed E-state index contributed by atoms with van der Waals surface area (Å²) in [5.74, 6) is 0.500. The summed E-state index contributed by atoms with van der Waals surface area (Å²) in [7, 11) is 0. The first-order valence-electron chi connectivity index (χ1n) is 9.47. The Morgan fingerprint density at radius 3 is 2.80 bits per heavy atom. The molecule has 0 atom stereocenters. The Balaban J connectivity index is 1.58. The minimum atomic E-state index is -0.451. The number of non-ortho nitro benzene ring substituents is 1. The van der Waals surface area contributed by atoms with Crippen LogP contribution >= 0.6 is 11.3 Å². The summed E-state index contributed by atoms with van der Waals surface area (Å²) in [5.41, 5.74) is 2.07. The van der Waals surface area contributed by atoms with Crippen LogP contribution in [0.1, 0.15) is 25.3 Å². The Hall–Kier alpha value is -3.52. The highest BCUT2D eigenvalue weighted by Gasteiger charge is 2.10. The Bertz CT molecular complexity index is 1040. The van der Waals surface area contributed by atoms with Gasteiger partial charge in [0, 0.05) is 29.2 Å². The largest absolute Gasteiger partial charge is 0.494 e. The van der Waals surface area contributed by atoms with Gasteiger partial charge >= 0.3 is 0 Å². The van der Waals surface area contributed by atoms with Crippen LogP contribution in [0.5, 0.6) is 5.75 Å². The van der Waals surface area contributed by atoms with Crippen molar-refractivity contribution in [2.75, 3.05) is 11.9 Å². The van der Waals surface area contributed by atoms with Gasteiger partial charge in [-0.1, -0.05) is 37.6 Å². The van der Waals surface area contributed by atoms with Crippen molar-refractivity contribution in [1.29, 1.82) is 0 Å². The molecule has 3 aromatic rings. The van der Waals surface area contributed by atoms with Crippen molar-refractivity contribution in [3.05, 3.63) is 75.7 Å². The molecule has 1 amide bonds. The predicted octanol–water partition coefficient (Wildman–Crippen LogP) is 5.55. The van der Waals surface area contributed by atoms with Gasteiger partial charge in [0.15, 0.2) is 5.13 Å². The highest BCUT2D eigenvalue weighted by molar-refractivity contribution is 7.14. The molecule has 1 heterocycles. The molecule has 0 aliphatic rings. The molecule has 0 saturated carbocycles. The molecule has 3 rings (SSSR count). The first kappa shape index (κ1) is 21.2. The molecule has 0 saturated heterocycles. The van der Waals surface area contributed by atoms with Crippen LogP contribution in [-0.2, 0) is 4.79 Å². The van der Waals surface area contributed by atoms with Gasteiger partial charge in [0.25, 0.3) is 5.69 Å². The molecular weight excluding hydrogens is 402 g/mol. The molecule has 0 fully saturated rings. The van der Waals surface area contributed by atoms with E-state index in [-0.39, 0.29) is 11.6 Å². The van der Waals surface area contributed by atoms with E-state index in [4.69, 9.17) is 4.74 Å². The summed E-state index contributed by atoms with van der Waals surface area (Å²) < 4.78 is 5.62. The number of benzene rings is 2. The molecule has 0 aliphatic carbocycles. The molecule has 1 aromatic heterocycles. The Morgan fingerprint density at radius 2 is 2.07 bits per heavy atom. The molecule has 7 nitrogen and oxygen atoms in total. The van der Waals surface area contributed by atoms with Crippen molar-refractivity contribution in [3.63, 3.8) is 0 Å². The summed E-state index contributed by atoms with van der Waals surface area (Å²) in [4.78, 5) is 27.0. The van der Waals surface area contributed by atoms with Crippen LogP contribution in [0.4, 0.5) is 10.8 Å². The maximum Gasteiger partial charge on any atom is 0.270 e. The second kappa shape index (κ2) is 10.3. The second-order valence-corrected chi connectivity index (χ2v) is 7.30. The van der Waals surface area contributed by atoms with Gasteiger partial charge in [-0.25, -0.2) is 4.98 Å². The van der Waals surface area contributed by atoms with E-state index in [1.807, 2.05) is 24.3 Å². The highest BCUT2D eigenvalue weighted by Crippen LogP contribution is 2.27. The molecule has 0 unspecified atom stereocenters. The van der Waals surface area contributed by atoms with Crippen molar-refractivity contribution < 1.29 is 14.5 Å². The van der Waals surface area contributed by atoms with Crippen LogP contribution in [0.25, 0.3) is 17.3 Å². The number of nitrogens with one attached hydrogen (secondary N) is 1. The molecule has 2 aromatic carbocycles. The molecule has 1 N–H and O–H groups in total. The van der Waals surface area contributed by atoms with Gasteiger partial charge in [-0.2, -0.15) is 0 Å². The lowest BCUT2D eigenvalue weighted by Gasteiger charge is -2.05. The summed E-state index contributed by atoms with van der Waals surface area (Å²) >= 11 is 1.26. The summed E-state index contributed by atoms with van der Waals surface area (Å²) in [6.07, 6.45) is 5.24. The normalized spacial score (nSPS) is 10.8. The minimum Gasteiger partial charge on any atom is -0.494 e. The maximum atomic E-state index is 12.2. The zero-order chi connectivity index (χ0) is 21.3. The molecule has 154 valence electrons. The van der Waals surface area contributed by atoms with Crippen LogP contribution in [0.3, 0.4) is 0 Å². The van der Waals surface area contributed by atoms with Gasteiger partial charge in [0.1, 0.15) is 5.75 Å². The fourth-order valence-electron chi connectivity index (χ4n) is 2.57. The number of hydrogen-bond acceptors (Lipinski definition) is 6. The lowest BCUT2D eigenvalue weighted by Crippen LogP contribution is -2.07. The van der Waals surface area contributed by atoms with E-state index < -0.39 is 4.92 Å². The number of nitro benzene ring substituents is 1. The smallest absolute Gasteiger partial charge is 0.270 e. The third kappa shape index (κ3) is 5.99. The lowest BCUT2D eigenvalue weighted by atomic mass is 10.1. The molecule has 0 bridgehead atoms. The zero-order valence-corrected chi connectivity index (χ0v) is 17.2. The molecule has 0 radical (unpaired) electrons. The van der Waals surface area contributed by atoms with Crippen LogP contribution in [-0.4, -0.2) is 22.4 Å². The minimum absolute atomic E-state index is 0.00389. The van der Waals surface area contributed by atoms with Crippen LogP contribution in [0, 0.1) is 10.1 Å². The number of nitrogens with zero attached hydrogens (tertiary/aromatic N) is 2. The second-order valence-electron chi connectivity index (χ2n) is 6.44. The fourth-order valence-corrected chi connectivity index (χ4v) is 3.29. The van der Waals surface area contributed by atoms with Crippen molar-refractivity contribution in [3.8, 4) is 17.0 Å². The van der Waals surface area contributed by atoms with E-state index in [0.717, 1.165) is 24.2 Å². The average Bonchev–Trinajstić information content (AvgIpc) is 3.22. The van der Waals surface area contributed by atoms with Gasteiger partial charge in [-0.05, 0) is 30.2 Å². The van der Waals surface area contributed by atoms with Crippen molar-refractivity contribution in [2.45, 2.75) is 19.8 Å². The van der Waals surface area contributed by atoms with E-state index in [1.54, 1.807) is 23.6 Å². The SMILES string of the molecule is CCCCOc1ccc(/C=C/C(=O)Nc2nc(-c3cccc([N+](=O)[O-])c3)cs2)cc1. The maximum absolute atomic E-state index is 12.2. The number of nitro groups is 1. The molecule has 0 spiro atoms. The quantitative estimate of drug-likeness (QED) is 0.211. The molecule has 8 heteroatoms. The number of anilines is 1. The molecular formula is C22H21N3O4S. The number of carbonyl (C=O) groups is 1. The monoisotopic (exact) mass is 423 g/mol. The number of carbonyl (C=O) groups excluding carboxylic acids is 1. The Morgan fingerprint density at radius 1 is 1.27 bits per heavy atom. The lowest BCUT2D eigenvalue weighted by molar-refractivity contribution is -0.384. The number of ether oxygens (including phenoxy) is 1. The van der Waals surface area contributed by atoms with Crippen LogP contribution < -0.4 is 10.1 Å². The van der Waals surface area contributed by atoms with E-state index in [2.05, 4.69) is 17.2 Å². The summed E-state index contributed by atoms with van der Waals surface area (Å²) in [5, 5.41) is 15.8. The van der Waals surface area contributed by atoms with Gasteiger partial charge in [0.05, 0.1) is 17.2 Å². The van der Waals surface area contributed by atoms with Crippen molar-refractivity contribution in [2.24, 2.45) is 0 Å². The first-order valence-corrected chi connectivity index (χ1v) is 10.4. The number of hydrogen-bond donors (Lipinski definition) is 1. The van der Waals surface area contributed by atoms with E-state index in [1.165, 1.54) is 29.5 Å². The van der Waals surface area contributed by atoms with Crippen molar-refractivity contribution in [1.82, 2.24) is 4.98 Å². The number of amides is 1. The standard InChI is InChI=1S/C22H21N3O4S/c1-2-3-13-29-19-10-7-16(8-11-19)9-12-21(26)24-22-23-20(15-30-22)17-5-4-6-18(14-17)25(27)28/h4-12,14-15H,2-3,13H2,1H3,(H,23,24,26)/b12-9+. The number of rotatable bonds is 9. The fraction of sp³-hybridized carbons (Fsp3) is 0.182. The third-order valence-electron chi connectivity index (χ3n) is 4.16. The van der Waals surface area contributed by atoms with E-state index in [9.17, 15) is 14.9 Å². The Kier molecular flexibility index (Phi) is 7.29. The van der Waals surface area contributed by atoms with Gasteiger partial charge in [-0.3, -0.25) is 20.2 Å². The average molecular weight is 423 g/mol. The highest BCUT2D eigenvalue weighted by atomic mass is 32.1. The van der Waals surface area contributed by atoms with E-state index in [0.29, 0.717) is 23.0 Å². The Labute approximate surface area is 178 Å². The van der Waals surface area contributed by atoms with Crippen LogP contribution in [0.2, 0.25) is 0 Å². The summed E-state index contributed by atoms with van der Waals surface area (Å²) in [6.45, 7) is 2.81. The zero-order valence-electron chi connectivity index (χ0n) is 16.4. The molecule has 30 heavy (non-hydrogen) atoms. The topological polar surface area (TPSA) is 94.4 Å².